The number of nitrogens with one attached hydrogen (secondary N) is 1. The molecule has 0 spiro atoms. The fourth-order valence-corrected chi connectivity index (χ4v) is 3.48. The number of fused-ring (bicyclic) bond motifs is 1. The third kappa shape index (κ3) is 4.53. The van der Waals surface area contributed by atoms with Crippen LogP contribution in [0, 0.1) is 6.92 Å². The standard InChI is InChI=1S/C23H27NO4/c1-4-27-23(26)18-12-13-20(15(2)14-18)24-22(25)16(3)28-21-11-7-9-17-8-5-6-10-19(17)21/h7,9,11-14,16H,4-6,8,10H2,1-3H3,(H,24,25). The van der Waals surface area contributed by atoms with Gasteiger partial charge in [-0.05, 0) is 87.4 Å². The van der Waals surface area contributed by atoms with Gasteiger partial charge in [0, 0.05) is 5.69 Å². The monoisotopic (exact) mass is 381 g/mol. The molecule has 28 heavy (non-hydrogen) atoms. The van der Waals surface area contributed by atoms with Gasteiger partial charge in [0.15, 0.2) is 6.10 Å². The molecule has 0 heterocycles. The second-order valence-corrected chi connectivity index (χ2v) is 7.10. The number of benzene rings is 2. The molecular formula is C23H27NO4. The molecule has 1 aliphatic rings. The number of hydrogen-bond acceptors (Lipinski definition) is 4. The van der Waals surface area contributed by atoms with Crippen molar-refractivity contribution in [1.82, 2.24) is 0 Å². The van der Waals surface area contributed by atoms with E-state index < -0.39 is 6.10 Å². The van der Waals surface area contributed by atoms with Crippen LogP contribution in [0.5, 0.6) is 5.75 Å². The van der Waals surface area contributed by atoms with Crippen LogP contribution in [-0.4, -0.2) is 24.6 Å². The number of aryl methyl sites for hydroxylation is 2. The number of esters is 1. The summed E-state index contributed by atoms with van der Waals surface area (Å²) in [5, 5.41) is 2.89. The largest absolute Gasteiger partial charge is 0.481 e. The summed E-state index contributed by atoms with van der Waals surface area (Å²) in [6.45, 7) is 5.69. The highest BCUT2D eigenvalue weighted by Crippen LogP contribution is 2.30. The summed E-state index contributed by atoms with van der Waals surface area (Å²) < 4.78 is 11.0. The predicted octanol–water partition coefficient (Wildman–Crippen LogP) is 4.46. The number of ether oxygens (including phenoxy) is 2. The summed E-state index contributed by atoms with van der Waals surface area (Å²) in [6.07, 6.45) is 3.79. The molecule has 0 saturated carbocycles. The second-order valence-electron chi connectivity index (χ2n) is 7.10. The highest BCUT2D eigenvalue weighted by molar-refractivity contribution is 5.96. The summed E-state index contributed by atoms with van der Waals surface area (Å²) >= 11 is 0. The SMILES string of the molecule is CCOC(=O)c1ccc(NC(=O)C(C)Oc2cccc3c2CCCC3)c(C)c1. The first-order valence-corrected chi connectivity index (χ1v) is 9.85. The van der Waals surface area contributed by atoms with E-state index in [1.54, 1.807) is 32.0 Å². The number of hydrogen-bond donors (Lipinski definition) is 1. The van der Waals surface area contributed by atoms with Crippen molar-refractivity contribution in [3.8, 4) is 5.75 Å². The summed E-state index contributed by atoms with van der Waals surface area (Å²) in [6, 6.07) is 11.2. The zero-order valence-corrected chi connectivity index (χ0v) is 16.7. The highest BCUT2D eigenvalue weighted by Gasteiger charge is 2.20. The summed E-state index contributed by atoms with van der Waals surface area (Å²) in [4.78, 5) is 24.5. The molecule has 148 valence electrons. The zero-order chi connectivity index (χ0) is 20.1. The lowest BCUT2D eigenvalue weighted by atomic mass is 9.91. The minimum atomic E-state index is -0.627. The number of amides is 1. The van der Waals surface area contributed by atoms with Crippen LogP contribution < -0.4 is 10.1 Å². The van der Waals surface area contributed by atoms with Gasteiger partial charge in [0.05, 0.1) is 12.2 Å². The first-order valence-electron chi connectivity index (χ1n) is 9.85. The maximum atomic E-state index is 12.6. The topological polar surface area (TPSA) is 64.6 Å². The Bertz CT molecular complexity index is 875. The van der Waals surface area contributed by atoms with Gasteiger partial charge >= 0.3 is 5.97 Å². The Morgan fingerprint density at radius 2 is 1.93 bits per heavy atom. The Kier molecular flexibility index (Phi) is 6.34. The molecule has 0 fully saturated rings. The lowest BCUT2D eigenvalue weighted by Crippen LogP contribution is -2.31. The minimum Gasteiger partial charge on any atom is -0.481 e. The smallest absolute Gasteiger partial charge is 0.338 e. The molecule has 0 aliphatic heterocycles. The Balaban J connectivity index is 1.67. The van der Waals surface area contributed by atoms with Crippen molar-refractivity contribution in [3.05, 3.63) is 58.7 Å². The van der Waals surface area contributed by atoms with Crippen molar-refractivity contribution >= 4 is 17.6 Å². The van der Waals surface area contributed by atoms with Crippen LogP contribution in [-0.2, 0) is 22.4 Å². The van der Waals surface area contributed by atoms with E-state index in [0.717, 1.165) is 30.6 Å². The highest BCUT2D eigenvalue weighted by atomic mass is 16.5. The fourth-order valence-electron chi connectivity index (χ4n) is 3.48. The molecule has 2 aromatic rings. The van der Waals surface area contributed by atoms with Gasteiger partial charge in [0.2, 0.25) is 0 Å². The molecule has 3 rings (SSSR count). The van der Waals surface area contributed by atoms with Crippen LogP contribution in [0.2, 0.25) is 0 Å². The van der Waals surface area contributed by atoms with Gasteiger partial charge in [-0.3, -0.25) is 4.79 Å². The van der Waals surface area contributed by atoms with Gasteiger partial charge in [-0.2, -0.15) is 0 Å². The number of anilines is 1. The molecule has 0 aromatic heterocycles. The van der Waals surface area contributed by atoms with E-state index in [1.807, 2.05) is 19.1 Å². The van der Waals surface area contributed by atoms with Crippen molar-refractivity contribution < 1.29 is 19.1 Å². The average Bonchev–Trinajstić information content (AvgIpc) is 2.69. The van der Waals surface area contributed by atoms with E-state index in [-0.39, 0.29) is 11.9 Å². The van der Waals surface area contributed by atoms with E-state index in [9.17, 15) is 9.59 Å². The lowest BCUT2D eigenvalue weighted by molar-refractivity contribution is -0.122. The molecule has 0 saturated heterocycles. The van der Waals surface area contributed by atoms with Crippen LogP contribution in [0.15, 0.2) is 36.4 Å². The van der Waals surface area contributed by atoms with Crippen LogP contribution >= 0.6 is 0 Å². The molecule has 0 radical (unpaired) electrons. The third-order valence-electron chi connectivity index (χ3n) is 5.02. The Hall–Kier alpha value is -2.82. The van der Waals surface area contributed by atoms with E-state index in [2.05, 4.69) is 11.4 Å². The van der Waals surface area contributed by atoms with E-state index in [4.69, 9.17) is 9.47 Å². The van der Waals surface area contributed by atoms with Gasteiger partial charge in [-0.25, -0.2) is 4.79 Å². The molecule has 1 aliphatic carbocycles. The molecular weight excluding hydrogens is 354 g/mol. The minimum absolute atomic E-state index is 0.222. The lowest BCUT2D eigenvalue weighted by Gasteiger charge is -2.22. The number of carbonyl (C=O) groups excluding carboxylic acids is 2. The van der Waals surface area contributed by atoms with Gasteiger partial charge in [-0.15, -0.1) is 0 Å². The van der Waals surface area contributed by atoms with Crippen LogP contribution in [0.25, 0.3) is 0 Å². The summed E-state index contributed by atoms with van der Waals surface area (Å²) in [7, 11) is 0. The Labute approximate surface area is 166 Å². The normalized spacial score (nSPS) is 14.0. The molecule has 1 amide bonds. The first-order chi connectivity index (χ1) is 13.5. The summed E-state index contributed by atoms with van der Waals surface area (Å²) in [5.74, 6) is 0.212. The van der Waals surface area contributed by atoms with E-state index in [1.165, 1.54) is 17.5 Å². The van der Waals surface area contributed by atoms with Crippen molar-refractivity contribution in [2.75, 3.05) is 11.9 Å². The zero-order valence-electron chi connectivity index (χ0n) is 16.7. The van der Waals surface area contributed by atoms with Gasteiger partial charge in [-0.1, -0.05) is 12.1 Å². The second kappa shape index (κ2) is 8.91. The molecule has 1 atom stereocenters. The molecule has 5 nitrogen and oxygen atoms in total. The number of rotatable bonds is 6. The van der Waals surface area contributed by atoms with Crippen molar-refractivity contribution in [2.45, 2.75) is 52.6 Å². The first kappa shape index (κ1) is 19.9. The number of carbonyl (C=O) groups is 2. The van der Waals surface area contributed by atoms with E-state index >= 15 is 0 Å². The molecule has 5 heteroatoms. The van der Waals surface area contributed by atoms with Crippen LogP contribution in [0.3, 0.4) is 0 Å². The maximum absolute atomic E-state index is 12.6. The van der Waals surface area contributed by atoms with Gasteiger partial charge in [0.1, 0.15) is 5.75 Å². The van der Waals surface area contributed by atoms with Crippen molar-refractivity contribution in [3.63, 3.8) is 0 Å². The molecule has 1 unspecified atom stereocenters. The van der Waals surface area contributed by atoms with Gasteiger partial charge in [0.25, 0.3) is 5.91 Å². The third-order valence-corrected chi connectivity index (χ3v) is 5.02. The molecule has 2 aromatic carbocycles. The Morgan fingerprint density at radius 3 is 2.68 bits per heavy atom. The van der Waals surface area contributed by atoms with E-state index in [0.29, 0.717) is 17.9 Å². The predicted molar refractivity (Wildman–Crippen MR) is 109 cm³/mol. The Morgan fingerprint density at radius 1 is 1.14 bits per heavy atom. The van der Waals surface area contributed by atoms with Crippen LogP contribution in [0.4, 0.5) is 5.69 Å². The fraction of sp³-hybridized carbons (Fsp3) is 0.391. The quantitative estimate of drug-likeness (QED) is 0.751. The van der Waals surface area contributed by atoms with Gasteiger partial charge < -0.3 is 14.8 Å². The van der Waals surface area contributed by atoms with Crippen molar-refractivity contribution in [1.29, 1.82) is 0 Å². The van der Waals surface area contributed by atoms with Crippen molar-refractivity contribution in [2.24, 2.45) is 0 Å². The average molecular weight is 381 g/mol. The summed E-state index contributed by atoms with van der Waals surface area (Å²) in [5.41, 5.74) is 4.47. The molecule has 1 N–H and O–H groups in total. The van der Waals surface area contributed by atoms with Crippen LogP contribution in [0.1, 0.15) is 53.7 Å². The maximum Gasteiger partial charge on any atom is 0.338 e. The molecule has 0 bridgehead atoms.